The van der Waals surface area contributed by atoms with Crippen molar-refractivity contribution < 1.29 is 10.2 Å². The van der Waals surface area contributed by atoms with Crippen LogP contribution in [0.15, 0.2) is 0 Å². The van der Waals surface area contributed by atoms with Crippen molar-refractivity contribution >= 4 is 0 Å². The van der Waals surface area contributed by atoms with E-state index in [-0.39, 0.29) is 12.2 Å². The first-order chi connectivity index (χ1) is 20.0. The van der Waals surface area contributed by atoms with Crippen LogP contribution in [0.3, 0.4) is 0 Å². The predicted molar refractivity (Wildman–Crippen MR) is 184 cm³/mol. The molecule has 0 aromatic rings. The molecule has 0 saturated carbocycles. The molecule has 3 unspecified atom stereocenters. The molecule has 0 aromatic carbocycles. The van der Waals surface area contributed by atoms with E-state index in [4.69, 9.17) is 0 Å². The van der Waals surface area contributed by atoms with Crippen LogP contribution in [-0.2, 0) is 0 Å². The van der Waals surface area contributed by atoms with Gasteiger partial charge in [0.05, 0.1) is 12.2 Å². The molecule has 0 amide bonds. The van der Waals surface area contributed by atoms with Crippen LogP contribution in [0.2, 0.25) is 0 Å². The third kappa shape index (κ3) is 32.6. The molecule has 2 N–H and O–H groups in total. The molecule has 3 heteroatoms. The molecular formula is C38H79NO2. The predicted octanol–water partition coefficient (Wildman–Crippen LogP) is 11.6. The Morgan fingerprint density at radius 3 is 1.17 bits per heavy atom. The topological polar surface area (TPSA) is 43.7 Å². The van der Waals surface area contributed by atoms with E-state index in [0.717, 1.165) is 38.8 Å². The molecule has 3 atom stereocenters. The van der Waals surface area contributed by atoms with Crippen molar-refractivity contribution in [2.24, 2.45) is 5.92 Å². The molecule has 0 heterocycles. The molecule has 0 radical (unpaired) electrons. The van der Waals surface area contributed by atoms with Crippen LogP contribution in [-0.4, -0.2) is 47.5 Å². The van der Waals surface area contributed by atoms with Crippen LogP contribution >= 0.6 is 0 Å². The molecular weight excluding hydrogens is 502 g/mol. The molecule has 0 bridgehead atoms. The van der Waals surface area contributed by atoms with E-state index in [9.17, 15) is 10.2 Å². The summed E-state index contributed by atoms with van der Waals surface area (Å²) < 4.78 is 0. The Bertz CT molecular complexity index is 443. The van der Waals surface area contributed by atoms with Gasteiger partial charge in [0.1, 0.15) is 0 Å². The van der Waals surface area contributed by atoms with Crippen LogP contribution in [0.1, 0.15) is 207 Å². The first-order valence-electron chi connectivity index (χ1n) is 19.0. The summed E-state index contributed by atoms with van der Waals surface area (Å²) in [4.78, 5) is 2.31. The highest BCUT2D eigenvalue weighted by atomic mass is 16.3. The van der Waals surface area contributed by atoms with Gasteiger partial charge in [-0.1, -0.05) is 175 Å². The maximum absolute atomic E-state index is 10.5. The Labute approximate surface area is 260 Å². The first kappa shape index (κ1) is 40.9. The third-order valence-corrected chi connectivity index (χ3v) is 9.22. The van der Waals surface area contributed by atoms with Gasteiger partial charge in [0.2, 0.25) is 0 Å². The van der Waals surface area contributed by atoms with Gasteiger partial charge in [0.25, 0.3) is 0 Å². The van der Waals surface area contributed by atoms with Gasteiger partial charge in [-0.25, -0.2) is 0 Å². The number of hydrogen-bond donors (Lipinski definition) is 2. The zero-order valence-electron chi connectivity index (χ0n) is 29.0. The number of unbranched alkanes of at least 4 members (excludes halogenated alkanes) is 22. The highest BCUT2D eigenvalue weighted by Gasteiger charge is 2.12. The quantitative estimate of drug-likeness (QED) is 0.0743. The van der Waals surface area contributed by atoms with Crippen molar-refractivity contribution in [2.45, 2.75) is 219 Å². The van der Waals surface area contributed by atoms with Crippen LogP contribution in [0, 0.1) is 5.92 Å². The lowest BCUT2D eigenvalue weighted by Gasteiger charge is -2.22. The minimum absolute atomic E-state index is 0.122. The zero-order valence-corrected chi connectivity index (χ0v) is 29.0. The molecule has 41 heavy (non-hydrogen) atoms. The Morgan fingerprint density at radius 2 is 0.780 bits per heavy atom. The minimum Gasteiger partial charge on any atom is -0.393 e. The van der Waals surface area contributed by atoms with Crippen LogP contribution < -0.4 is 0 Å². The van der Waals surface area contributed by atoms with Gasteiger partial charge in [0, 0.05) is 6.54 Å². The summed E-state index contributed by atoms with van der Waals surface area (Å²) in [5.41, 5.74) is 0. The van der Waals surface area contributed by atoms with Gasteiger partial charge >= 0.3 is 0 Å². The van der Waals surface area contributed by atoms with E-state index in [0.29, 0.717) is 5.92 Å². The number of hydrogen-bond acceptors (Lipinski definition) is 3. The molecule has 0 aliphatic carbocycles. The Morgan fingerprint density at radius 1 is 0.439 bits per heavy atom. The molecule has 0 aromatic heterocycles. The van der Waals surface area contributed by atoms with Gasteiger partial charge in [-0.2, -0.15) is 0 Å². The van der Waals surface area contributed by atoms with Crippen LogP contribution in [0.5, 0.6) is 0 Å². The number of likely N-dealkylation sites (N-methyl/N-ethyl adjacent to an activating group) is 1. The SMILES string of the molecule is CCCCCCCCCCCCCCC(O)CC(C)CCCN(C)CC(O)CCCCCCCCCCCCCC. The molecule has 0 saturated heterocycles. The van der Waals surface area contributed by atoms with Crippen molar-refractivity contribution in [3.8, 4) is 0 Å². The monoisotopic (exact) mass is 582 g/mol. The summed E-state index contributed by atoms with van der Waals surface area (Å²) in [5, 5.41) is 20.9. The van der Waals surface area contributed by atoms with Crippen molar-refractivity contribution in [1.29, 1.82) is 0 Å². The van der Waals surface area contributed by atoms with E-state index >= 15 is 0 Å². The van der Waals surface area contributed by atoms with Crippen LogP contribution in [0.25, 0.3) is 0 Å². The Kier molecular flexibility index (Phi) is 32.7. The summed E-state index contributed by atoms with van der Waals surface area (Å²) in [6, 6.07) is 0. The second-order valence-electron chi connectivity index (χ2n) is 13.9. The highest BCUT2D eigenvalue weighted by molar-refractivity contribution is 4.66. The van der Waals surface area contributed by atoms with Crippen molar-refractivity contribution in [2.75, 3.05) is 20.1 Å². The first-order valence-corrected chi connectivity index (χ1v) is 19.0. The largest absolute Gasteiger partial charge is 0.393 e. The van der Waals surface area contributed by atoms with Gasteiger partial charge in [-0.15, -0.1) is 0 Å². The fourth-order valence-electron chi connectivity index (χ4n) is 6.39. The average Bonchev–Trinajstić information content (AvgIpc) is 2.94. The zero-order chi connectivity index (χ0) is 30.2. The number of rotatable bonds is 34. The van der Waals surface area contributed by atoms with Crippen molar-refractivity contribution in [3.05, 3.63) is 0 Å². The second kappa shape index (κ2) is 32.8. The Balaban J connectivity index is 3.50. The van der Waals surface area contributed by atoms with Gasteiger partial charge < -0.3 is 15.1 Å². The number of aliphatic hydroxyl groups excluding tert-OH is 2. The summed E-state index contributed by atoms with van der Waals surface area (Å²) in [6.45, 7) is 8.72. The second-order valence-corrected chi connectivity index (χ2v) is 13.9. The summed E-state index contributed by atoms with van der Waals surface area (Å²) >= 11 is 0. The fraction of sp³-hybridized carbons (Fsp3) is 1.00. The van der Waals surface area contributed by atoms with Crippen molar-refractivity contribution in [1.82, 2.24) is 4.90 Å². The molecule has 0 fully saturated rings. The molecule has 3 nitrogen and oxygen atoms in total. The van der Waals surface area contributed by atoms with E-state index in [1.807, 2.05) is 0 Å². The highest BCUT2D eigenvalue weighted by Crippen LogP contribution is 2.19. The van der Waals surface area contributed by atoms with E-state index < -0.39 is 0 Å². The van der Waals surface area contributed by atoms with Crippen LogP contribution in [0.4, 0.5) is 0 Å². The smallest absolute Gasteiger partial charge is 0.0667 e. The number of aliphatic hydroxyl groups is 2. The van der Waals surface area contributed by atoms with E-state index in [2.05, 4.69) is 32.7 Å². The average molecular weight is 582 g/mol. The maximum Gasteiger partial charge on any atom is 0.0667 e. The van der Waals surface area contributed by atoms with E-state index in [1.165, 1.54) is 161 Å². The maximum atomic E-state index is 10.5. The van der Waals surface area contributed by atoms with Crippen molar-refractivity contribution in [3.63, 3.8) is 0 Å². The lowest BCUT2D eigenvalue weighted by Crippen LogP contribution is -2.30. The molecule has 0 spiro atoms. The molecule has 0 aliphatic rings. The normalized spacial score (nSPS) is 14.1. The van der Waals surface area contributed by atoms with E-state index in [1.54, 1.807) is 0 Å². The summed E-state index contributed by atoms with van der Waals surface area (Å²) in [5.74, 6) is 0.585. The molecule has 0 rings (SSSR count). The third-order valence-electron chi connectivity index (χ3n) is 9.22. The summed E-state index contributed by atoms with van der Waals surface area (Å²) in [7, 11) is 2.15. The number of nitrogens with zero attached hydrogens (tertiary/aromatic N) is 1. The van der Waals surface area contributed by atoms with Gasteiger partial charge in [-0.3, -0.25) is 0 Å². The lowest BCUT2D eigenvalue weighted by atomic mass is 9.95. The van der Waals surface area contributed by atoms with Gasteiger partial charge in [-0.05, 0) is 51.6 Å². The lowest BCUT2D eigenvalue weighted by molar-refractivity contribution is 0.111. The van der Waals surface area contributed by atoms with Gasteiger partial charge in [0.15, 0.2) is 0 Å². The minimum atomic E-state index is -0.182. The molecule has 248 valence electrons. The standard InChI is InChI=1S/C38H79NO2/c1-5-7-9-11-13-15-17-19-21-23-25-27-31-37(40)34-36(3)30-29-33-39(4)35-38(41)32-28-26-24-22-20-18-16-14-12-10-8-6-2/h36-38,40-41H,5-35H2,1-4H3. The molecule has 0 aliphatic heterocycles. The fourth-order valence-corrected chi connectivity index (χ4v) is 6.39. The Hall–Kier alpha value is -0.120. The summed E-state index contributed by atoms with van der Waals surface area (Å²) in [6.07, 6.45) is 37.8.